The summed E-state index contributed by atoms with van der Waals surface area (Å²) in [6.07, 6.45) is 2.03. The fraction of sp³-hybridized carbons (Fsp3) is 0.500. The van der Waals surface area contributed by atoms with Crippen LogP contribution in [-0.2, 0) is 4.79 Å². The van der Waals surface area contributed by atoms with Gasteiger partial charge in [-0.25, -0.2) is 0 Å². The summed E-state index contributed by atoms with van der Waals surface area (Å²) >= 11 is 0. The highest BCUT2D eigenvalue weighted by Crippen LogP contribution is 2.19. The van der Waals surface area contributed by atoms with Gasteiger partial charge in [-0.1, -0.05) is 6.07 Å². The van der Waals surface area contributed by atoms with E-state index in [1.165, 1.54) is 0 Å². The van der Waals surface area contributed by atoms with E-state index in [-0.39, 0.29) is 24.2 Å². The number of halogens is 1. The average Bonchev–Trinajstić information content (AvgIpc) is 2.40. The van der Waals surface area contributed by atoms with Crippen molar-refractivity contribution in [3.63, 3.8) is 0 Å². The van der Waals surface area contributed by atoms with Crippen LogP contribution in [0.1, 0.15) is 19.8 Å². The number of anilines is 1. The minimum absolute atomic E-state index is 0. The number of hydrogen-bond donors (Lipinski definition) is 2. The van der Waals surface area contributed by atoms with Gasteiger partial charge in [-0.2, -0.15) is 0 Å². The summed E-state index contributed by atoms with van der Waals surface area (Å²) < 4.78 is 5.41. The fourth-order valence-corrected chi connectivity index (χ4v) is 2.15. The van der Waals surface area contributed by atoms with Gasteiger partial charge in [0.25, 0.3) is 0 Å². The quantitative estimate of drug-likeness (QED) is 0.893. The summed E-state index contributed by atoms with van der Waals surface area (Å²) in [7, 11) is 0. The van der Waals surface area contributed by atoms with E-state index in [2.05, 4.69) is 10.6 Å². The molecule has 0 aromatic heterocycles. The SMILES string of the molecule is CCOc1cccc(NC(=O)[C@@H]2CCCNC2)c1.Cl. The van der Waals surface area contributed by atoms with E-state index >= 15 is 0 Å². The lowest BCUT2D eigenvalue weighted by Gasteiger charge is -2.22. The van der Waals surface area contributed by atoms with Gasteiger partial charge in [-0.3, -0.25) is 4.79 Å². The number of piperidine rings is 1. The molecule has 19 heavy (non-hydrogen) atoms. The van der Waals surface area contributed by atoms with Crippen LogP contribution in [0.5, 0.6) is 5.75 Å². The second-order valence-corrected chi connectivity index (χ2v) is 4.49. The molecule has 0 radical (unpaired) electrons. The first-order valence-corrected chi connectivity index (χ1v) is 6.54. The van der Waals surface area contributed by atoms with Crippen LogP contribution in [0.25, 0.3) is 0 Å². The summed E-state index contributed by atoms with van der Waals surface area (Å²) in [4.78, 5) is 12.0. The molecule has 4 nitrogen and oxygen atoms in total. The largest absolute Gasteiger partial charge is 0.494 e. The lowest BCUT2D eigenvalue weighted by molar-refractivity contribution is -0.120. The Hall–Kier alpha value is -1.26. The topological polar surface area (TPSA) is 50.4 Å². The zero-order valence-electron chi connectivity index (χ0n) is 11.1. The van der Waals surface area contributed by atoms with Crippen molar-refractivity contribution >= 4 is 24.0 Å². The molecule has 5 heteroatoms. The third kappa shape index (κ3) is 4.73. The van der Waals surface area contributed by atoms with Gasteiger partial charge in [-0.15, -0.1) is 12.4 Å². The van der Waals surface area contributed by atoms with Gasteiger partial charge in [-0.05, 0) is 38.4 Å². The maximum Gasteiger partial charge on any atom is 0.228 e. The van der Waals surface area contributed by atoms with Crippen molar-refractivity contribution in [1.82, 2.24) is 5.32 Å². The summed E-state index contributed by atoms with van der Waals surface area (Å²) in [5.41, 5.74) is 0.802. The van der Waals surface area contributed by atoms with Gasteiger partial charge >= 0.3 is 0 Å². The molecular formula is C14H21ClN2O2. The Morgan fingerprint density at radius 3 is 3.05 bits per heavy atom. The molecule has 0 spiro atoms. The average molecular weight is 285 g/mol. The minimum atomic E-state index is 0. The number of rotatable bonds is 4. The normalized spacial score (nSPS) is 18.3. The number of benzene rings is 1. The van der Waals surface area contributed by atoms with Gasteiger partial charge in [0.2, 0.25) is 5.91 Å². The predicted octanol–water partition coefficient (Wildman–Crippen LogP) is 2.45. The molecule has 1 aromatic rings. The molecule has 1 amide bonds. The van der Waals surface area contributed by atoms with E-state index in [1.807, 2.05) is 31.2 Å². The Balaban J connectivity index is 0.00000180. The maximum absolute atomic E-state index is 12.0. The minimum Gasteiger partial charge on any atom is -0.494 e. The Bertz CT molecular complexity index is 406. The van der Waals surface area contributed by atoms with E-state index in [0.29, 0.717) is 6.61 Å². The lowest BCUT2D eigenvalue weighted by Crippen LogP contribution is -2.37. The standard InChI is InChI=1S/C14H20N2O2.ClH/c1-2-18-13-7-3-6-12(9-13)16-14(17)11-5-4-8-15-10-11;/h3,6-7,9,11,15H,2,4-5,8,10H2,1H3,(H,16,17);1H/t11-;/m1./s1. The van der Waals surface area contributed by atoms with Gasteiger partial charge in [0.15, 0.2) is 0 Å². The first-order valence-electron chi connectivity index (χ1n) is 6.54. The van der Waals surface area contributed by atoms with E-state index in [4.69, 9.17) is 4.74 Å². The Morgan fingerprint density at radius 2 is 2.37 bits per heavy atom. The molecule has 2 N–H and O–H groups in total. The van der Waals surface area contributed by atoms with Gasteiger partial charge < -0.3 is 15.4 Å². The molecule has 106 valence electrons. The Morgan fingerprint density at radius 1 is 1.53 bits per heavy atom. The van der Waals surface area contributed by atoms with Crippen molar-refractivity contribution < 1.29 is 9.53 Å². The third-order valence-corrected chi connectivity index (χ3v) is 3.08. The van der Waals surface area contributed by atoms with E-state index < -0.39 is 0 Å². The number of ether oxygens (including phenoxy) is 1. The molecule has 1 atom stereocenters. The molecular weight excluding hydrogens is 264 g/mol. The highest BCUT2D eigenvalue weighted by Gasteiger charge is 2.20. The maximum atomic E-state index is 12.0. The van der Waals surface area contributed by atoms with Crippen LogP contribution >= 0.6 is 12.4 Å². The van der Waals surface area contributed by atoms with E-state index in [1.54, 1.807) is 0 Å². The first kappa shape index (κ1) is 15.8. The highest BCUT2D eigenvalue weighted by atomic mass is 35.5. The van der Waals surface area contributed by atoms with Crippen LogP contribution in [0.2, 0.25) is 0 Å². The van der Waals surface area contributed by atoms with Crippen molar-refractivity contribution in [3.05, 3.63) is 24.3 Å². The lowest BCUT2D eigenvalue weighted by atomic mass is 9.99. The molecule has 1 heterocycles. The Labute approximate surface area is 120 Å². The zero-order valence-corrected chi connectivity index (χ0v) is 12.0. The van der Waals surface area contributed by atoms with Crippen LogP contribution in [0, 0.1) is 5.92 Å². The van der Waals surface area contributed by atoms with Crippen LogP contribution in [0.4, 0.5) is 5.69 Å². The van der Waals surface area contributed by atoms with Crippen LogP contribution in [-0.4, -0.2) is 25.6 Å². The summed E-state index contributed by atoms with van der Waals surface area (Å²) in [5.74, 6) is 0.961. The van der Waals surface area contributed by atoms with Crippen LogP contribution in [0.15, 0.2) is 24.3 Å². The number of hydrogen-bond acceptors (Lipinski definition) is 3. The molecule has 2 rings (SSSR count). The smallest absolute Gasteiger partial charge is 0.228 e. The molecule has 1 aromatic carbocycles. The zero-order chi connectivity index (χ0) is 12.8. The first-order chi connectivity index (χ1) is 8.79. The van der Waals surface area contributed by atoms with Gasteiger partial charge in [0, 0.05) is 18.3 Å². The second kappa shape index (κ2) is 8.02. The van der Waals surface area contributed by atoms with Gasteiger partial charge in [0.1, 0.15) is 5.75 Å². The van der Waals surface area contributed by atoms with Crippen LogP contribution < -0.4 is 15.4 Å². The molecule has 0 bridgehead atoms. The number of nitrogens with one attached hydrogen (secondary N) is 2. The van der Waals surface area contributed by atoms with Crippen LogP contribution in [0.3, 0.4) is 0 Å². The van der Waals surface area contributed by atoms with E-state index in [9.17, 15) is 4.79 Å². The van der Waals surface area contributed by atoms with Crippen molar-refractivity contribution in [2.75, 3.05) is 25.0 Å². The molecule has 0 aliphatic carbocycles. The fourth-order valence-electron chi connectivity index (χ4n) is 2.15. The van der Waals surface area contributed by atoms with Gasteiger partial charge in [0.05, 0.1) is 12.5 Å². The second-order valence-electron chi connectivity index (χ2n) is 4.49. The van der Waals surface area contributed by atoms with Crippen molar-refractivity contribution in [3.8, 4) is 5.75 Å². The highest BCUT2D eigenvalue weighted by molar-refractivity contribution is 5.92. The molecule has 1 fully saturated rings. The third-order valence-electron chi connectivity index (χ3n) is 3.08. The van der Waals surface area contributed by atoms with Crippen molar-refractivity contribution in [2.24, 2.45) is 5.92 Å². The monoisotopic (exact) mass is 284 g/mol. The number of carbonyl (C=O) groups is 1. The predicted molar refractivity (Wildman–Crippen MR) is 79.1 cm³/mol. The number of amides is 1. The summed E-state index contributed by atoms with van der Waals surface area (Å²) in [6, 6.07) is 7.52. The summed E-state index contributed by atoms with van der Waals surface area (Å²) in [5, 5.41) is 6.20. The summed E-state index contributed by atoms with van der Waals surface area (Å²) in [6.45, 7) is 4.36. The van der Waals surface area contributed by atoms with Crippen molar-refractivity contribution in [2.45, 2.75) is 19.8 Å². The molecule has 0 saturated carbocycles. The Kier molecular flexibility index (Phi) is 6.67. The van der Waals surface area contributed by atoms with E-state index in [0.717, 1.165) is 37.4 Å². The molecule has 1 saturated heterocycles. The number of carbonyl (C=O) groups excluding carboxylic acids is 1. The molecule has 0 unspecified atom stereocenters. The molecule has 1 aliphatic heterocycles. The molecule has 1 aliphatic rings. The van der Waals surface area contributed by atoms with Crippen molar-refractivity contribution in [1.29, 1.82) is 0 Å².